The predicted octanol–water partition coefficient (Wildman–Crippen LogP) is -1.58. The van der Waals surface area contributed by atoms with Crippen LogP contribution in [0.5, 0.6) is 0 Å². The van der Waals surface area contributed by atoms with Crippen molar-refractivity contribution >= 4 is 29.6 Å². The van der Waals surface area contributed by atoms with E-state index < -0.39 is 53.8 Å². The smallest absolute Gasteiger partial charge is 0.326 e. The highest BCUT2D eigenvalue weighted by atomic mass is 16.4. The fourth-order valence-electron chi connectivity index (χ4n) is 3.47. The molecule has 0 aromatic rings. The van der Waals surface area contributed by atoms with Gasteiger partial charge in [-0.3, -0.25) is 19.2 Å². The van der Waals surface area contributed by atoms with Gasteiger partial charge in [-0.15, -0.1) is 0 Å². The third-order valence-electron chi connectivity index (χ3n) is 5.52. The topological polar surface area (TPSA) is 246 Å². The third-order valence-corrected chi connectivity index (χ3v) is 5.52. The normalized spacial score (nSPS) is 14.4. The highest BCUT2D eigenvalue weighted by Gasteiger charge is 2.30. The van der Waals surface area contributed by atoms with Gasteiger partial charge in [0.25, 0.3) is 0 Å². The molecule has 13 heteroatoms. The van der Waals surface area contributed by atoms with Crippen LogP contribution in [0.25, 0.3) is 0 Å². The molecule has 0 aliphatic carbocycles. The first-order valence-corrected chi connectivity index (χ1v) is 12.5. The zero-order chi connectivity index (χ0) is 27.7. The molecule has 4 unspecified atom stereocenters. The molecule has 0 rings (SSSR count). The summed E-state index contributed by atoms with van der Waals surface area (Å²) in [6.07, 6.45) is 2.95. The van der Waals surface area contributed by atoms with Crippen LogP contribution < -0.4 is 38.9 Å². The zero-order valence-electron chi connectivity index (χ0n) is 21.5. The number of hydrogen-bond acceptors (Lipinski definition) is 8. The van der Waals surface area contributed by atoms with Gasteiger partial charge in [0.05, 0.1) is 6.04 Å². The number of hydrogen-bond donors (Lipinski definition) is 8. The zero-order valence-corrected chi connectivity index (χ0v) is 21.5. The van der Waals surface area contributed by atoms with Crippen molar-refractivity contribution in [1.29, 1.82) is 0 Å². The first kappa shape index (κ1) is 33.2. The second kappa shape index (κ2) is 18.5. The first-order chi connectivity index (χ1) is 16.9. The van der Waals surface area contributed by atoms with Crippen molar-refractivity contribution in [2.75, 3.05) is 13.1 Å². The Balaban J connectivity index is 5.46. The Morgan fingerprint density at radius 2 is 1.19 bits per heavy atom. The van der Waals surface area contributed by atoms with Crippen LogP contribution in [0, 0.1) is 5.92 Å². The SMILES string of the molecule is CC(C)CC(NC(=O)C(N)CCC(N)=O)C(=O)NC(CCCCN)C(=O)NC(CCCCN)C(=O)O. The van der Waals surface area contributed by atoms with Crippen molar-refractivity contribution in [2.45, 2.75) is 95.8 Å². The molecule has 12 N–H and O–H groups in total. The van der Waals surface area contributed by atoms with E-state index in [4.69, 9.17) is 22.9 Å². The van der Waals surface area contributed by atoms with Crippen molar-refractivity contribution in [2.24, 2.45) is 28.9 Å². The van der Waals surface area contributed by atoms with Gasteiger partial charge in [0.15, 0.2) is 0 Å². The van der Waals surface area contributed by atoms with E-state index in [0.717, 1.165) is 0 Å². The molecular formula is C23H45N7O6. The molecule has 13 nitrogen and oxygen atoms in total. The van der Waals surface area contributed by atoms with Gasteiger partial charge < -0.3 is 44.0 Å². The summed E-state index contributed by atoms with van der Waals surface area (Å²) in [4.78, 5) is 61.1. The molecule has 0 aromatic heterocycles. The lowest BCUT2D eigenvalue weighted by Gasteiger charge is -2.26. The third kappa shape index (κ3) is 14.6. The molecule has 0 saturated heterocycles. The van der Waals surface area contributed by atoms with Gasteiger partial charge in [-0.25, -0.2) is 4.79 Å². The second-order valence-electron chi connectivity index (χ2n) is 9.33. The number of primary amides is 1. The number of unbranched alkanes of at least 4 members (excludes halogenated alkanes) is 2. The summed E-state index contributed by atoms with van der Waals surface area (Å²) in [5.74, 6) is -3.60. The molecule has 0 saturated carbocycles. The van der Waals surface area contributed by atoms with Crippen LogP contribution in [0.15, 0.2) is 0 Å². The van der Waals surface area contributed by atoms with Crippen LogP contribution >= 0.6 is 0 Å². The summed E-state index contributed by atoms with van der Waals surface area (Å²) in [6.45, 7) is 4.54. The Kier molecular flexibility index (Phi) is 17.1. The number of rotatable bonds is 20. The fraction of sp³-hybridized carbons (Fsp3) is 0.783. The van der Waals surface area contributed by atoms with Crippen molar-refractivity contribution in [3.8, 4) is 0 Å². The average molecular weight is 516 g/mol. The van der Waals surface area contributed by atoms with Crippen LogP contribution in [0.4, 0.5) is 0 Å². The molecule has 0 fully saturated rings. The fourth-order valence-corrected chi connectivity index (χ4v) is 3.47. The van der Waals surface area contributed by atoms with Crippen LogP contribution in [0.1, 0.15) is 71.6 Å². The highest BCUT2D eigenvalue weighted by Crippen LogP contribution is 2.09. The van der Waals surface area contributed by atoms with Gasteiger partial charge >= 0.3 is 5.97 Å². The lowest BCUT2D eigenvalue weighted by Crippen LogP contribution is -2.57. The standard InChI is InChI=1S/C23H45N7O6/c1-14(2)13-18(30-20(32)15(26)9-10-19(27)31)22(34)28-16(7-3-5-11-24)21(33)29-17(23(35)36)8-4-6-12-25/h14-18H,3-13,24-26H2,1-2H3,(H2,27,31)(H,28,34)(H,29,33)(H,30,32)(H,35,36). The molecule has 0 radical (unpaired) electrons. The molecule has 0 heterocycles. The maximum absolute atomic E-state index is 13.1. The van der Waals surface area contributed by atoms with Gasteiger partial charge in [-0.05, 0) is 70.4 Å². The maximum atomic E-state index is 13.1. The number of nitrogens with one attached hydrogen (secondary N) is 3. The van der Waals surface area contributed by atoms with Gasteiger partial charge in [-0.1, -0.05) is 13.8 Å². The summed E-state index contributed by atoms with van der Waals surface area (Å²) >= 11 is 0. The van der Waals surface area contributed by atoms with E-state index in [2.05, 4.69) is 16.0 Å². The van der Waals surface area contributed by atoms with Gasteiger partial charge in [0, 0.05) is 6.42 Å². The van der Waals surface area contributed by atoms with E-state index in [1.165, 1.54) is 0 Å². The summed E-state index contributed by atoms with van der Waals surface area (Å²) in [6, 6.07) is -4.15. The Bertz CT molecular complexity index is 719. The van der Waals surface area contributed by atoms with Crippen molar-refractivity contribution in [3.63, 3.8) is 0 Å². The lowest BCUT2D eigenvalue weighted by atomic mass is 10.0. The number of amides is 4. The molecule has 208 valence electrons. The molecule has 36 heavy (non-hydrogen) atoms. The first-order valence-electron chi connectivity index (χ1n) is 12.5. The Morgan fingerprint density at radius 3 is 1.67 bits per heavy atom. The highest BCUT2D eigenvalue weighted by molar-refractivity contribution is 5.94. The number of aliphatic carboxylic acids is 1. The minimum absolute atomic E-state index is 0.0198. The predicted molar refractivity (Wildman–Crippen MR) is 135 cm³/mol. The van der Waals surface area contributed by atoms with Gasteiger partial charge in [0.2, 0.25) is 23.6 Å². The second-order valence-corrected chi connectivity index (χ2v) is 9.33. The Morgan fingerprint density at radius 1 is 0.722 bits per heavy atom. The van der Waals surface area contributed by atoms with Gasteiger partial charge in [-0.2, -0.15) is 0 Å². The molecular weight excluding hydrogens is 470 g/mol. The Labute approximate surface area is 212 Å². The molecule has 0 spiro atoms. The average Bonchev–Trinajstić information content (AvgIpc) is 2.80. The monoisotopic (exact) mass is 515 g/mol. The summed E-state index contributed by atoms with van der Waals surface area (Å²) in [5.41, 5.74) is 21.9. The summed E-state index contributed by atoms with van der Waals surface area (Å²) in [7, 11) is 0. The van der Waals surface area contributed by atoms with Crippen LogP contribution in [0.2, 0.25) is 0 Å². The molecule has 0 bridgehead atoms. The molecule has 0 aliphatic heterocycles. The van der Waals surface area contributed by atoms with E-state index in [-0.39, 0.29) is 38.0 Å². The number of carboxylic acid groups (broad SMARTS) is 1. The van der Waals surface area contributed by atoms with E-state index in [9.17, 15) is 29.1 Å². The van der Waals surface area contributed by atoms with E-state index in [0.29, 0.717) is 38.8 Å². The van der Waals surface area contributed by atoms with Crippen LogP contribution in [0.3, 0.4) is 0 Å². The number of carboxylic acids is 1. The minimum Gasteiger partial charge on any atom is -0.480 e. The molecule has 0 aromatic carbocycles. The van der Waals surface area contributed by atoms with Crippen molar-refractivity contribution in [1.82, 2.24) is 16.0 Å². The van der Waals surface area contributed by atoms with Crippen LogP contribution in [-0.4, -0.2) is 72.0 Å². The van der Waals surface area contributed by atoms with E-state index in [1.807, 2.05) is 13.8 Å². The minimum atomic E-state index is -1.18. The summed E-state index contributed by atoms with van der Waals surface area (Å²) < 4.78 is 0. The van der Waals surface area contributed by atoms with Crippen molar-refractivity contribution in [3.05, 3.63) is 0 Å². The molecule has 4 amide bonds. The number of nitrogens with two attached hydrogens (primary N) is 4. The lowest BCUT2D eigenvalue weighted by molar-refractivity contribution is -0.142. The quantitative estimate of drug-likeness (QED) is 0.0870. The van der Waals surface area contributed by atoms with E-state index >= 15 is 0 Å². The maximum Gasteiger partial charge on any atom is 0.326 e. The van der Waals surface area contributed by atoms with E-state index in [1.54, 1.807) is 0 Å². The molecule has 0 aliphatic rings. The largest absolute Gasteiger partial charge is 0.480 e. The summed E-state index contributed by atoms with van der Waals surface area (Å²) in [5, 5.41) is 17.2. The Hall–Kier alpha value is -2.77. The van der Waals surface area contributed by atoms with Crippen LogP contribution in [-0.2, 0) is 24.0 Å². The number of carbonyl (C=O) groups is 5. The van der Waals surface area contributed by atoms with Crippen molar-refractivity contribution < 1.29 is 29.1 Å². The number of carbonyl (C=O) groups excluding carboxylic acids is 4. The molecule has 4 atom stereocenters. The van der Waals surface area contributed by atoms with Gasteiger partial charge in [0.1, 0.15) is 18.1 Å².